The minimum Gasteiger partial charge on any atom is -0.453 e. The summed E-state index contributed by atoms with van der Waals surface area (Å²) in [6.45, 7) is 9.39. The molecule has 1 amide bonds. The Kier molecular flexibility index (Phi) is 10.7. The Balaban J connectivity index is 0.00000105. The number of carbonyl (C=O) groups is 1. The van der Waals surface area contributed by atoms with Crippen LogP contribution in [-0.4, -0.2) is 50.6 Å². The molecule has 0 bridgehead atoms. The van der Waals surface area contributed by atoms with Crippen LogP contribution in [0.1, 0.15) is 51.6 Å². The SMILES string of the molecule is CCC.COC(=O)NCCNC(C)c1ccc(N2CCC(O)CC2)cc1. The predicted molar refractivity (Wildman–Crippen MR) is 107 cm³/mol. The Hall–Kier alpha value is -1.79. The molecule has 0 saturated carbocycles. The fourth-order valence-electron chi connectivity index (χ4n) is 2.74. The molecular weight excluding hydrogens is 330 g/mol. The van der Waals surface area contributed by atoms with Crippen molar-refractivity contribution in [3.05, 3.63) is 29.8 Å². The summed E-state index contributed by atoms with van der Waals surface area (Å²) in [4.78, 5) is 13.3. The van der Waals surface area contributed by atoms with Gasteiger partial charge in [-0.25, -0.2) is 4.79 Å². The molecule has 3 N–H and O–H groups in total. The molecule has 2 rings (SSSR count). The average molecular weight is 366 g/mol. The van der Waals surface area contributed by atoms with Gasteiger partial charge in [0, 0.05) is 37.9 Å². The number of amides is 1. The van der Waals surface area contributed by atoms with Gasteiger partial charge in [0.25, 0.3) is 0 Å². The maximum Gasteiger partial charge on any atom is 0.406 e. The number of benzene rings is 1. The van der Waals surface area contributed by atoms with Crippen LogP contribution in [0.2, 0.25) is 0 Å². The summed E-state index contributed by atoms with van der Waals surface area (Å²) in [5.74, 6) is 0. The van der Waals surface area contributed by atoms with E-state index in [1.54, 1.807) is 0 Å². The number of ether oxygens (including phenoxy) is 1. The molecule has 0 radical (unpaired) electrons. The van der Waals surface area contributed by atoms with Crippen molar-refractivity contribution >= 4 is 11.8 Å². The van der Waals surface area contributed by atoms with E-state index in [0.717, 1.165) is 25.9 Å². The first kappa shape index (κ1) is 22.3. The van der Waals surface area contributed by atoms with E-state index in [2.05, 4.69) is 65.3 Å². The maximum atomic E-state index is 11.0. The molecular formula is C20H35N3O3. The standard InChI is InChI=1S/C17H27N3O3.C3H8/c1-13(18-9-10-19-17(22)23-2)14-3-5-15(6-4-14)20-11-7-16(21)8-12-20;1-3-2/h3-6,13,16,18,21H,7-12H2,1-2H3,(H,19,22);3H2,1-2H3. The van der Waals surface area contributed by atoms with Crippen molar-refractivity contribution in [1.82, 2.24) is 10.6 Å². The largest absolute Gasteiger partial charge is 0.453 e. The number of aliphatic hydroxyl groups is 1. The molecule has 1 aromatic carbocycles. The Morgan fingerprint density at radius 3 is 2.35 bits per heavy atom. The zero-order valence-corrected chi connectivity index (χ0v) is 16.6. The highest BCUT2D eigenvalue weighted by atomic mass is 16.5. The predicted octanol–water partition coefficient (Wildman–Crippen LogP) is 3.07. The summed E-state index contributed by atoms with van der Waals surface area (Å²) in [6, 6.07) is 8.75. The molecule has 6 nitrogen and oxygen atoms in total. The number of nitrogens with one attached hydrogen (secondary N) is 2. The molecule has 1 saturated heterocycles. The highest BCUT2D eigenvalue weighted by Crippen LogP contribution is 2.22. The van der Waals surface area contributed by atoms with Gasteiger partial charge in [0.2, 0.25) is 0 Å². The molecule has 6 heteroatoms. The van der Waals surface area contributed by atoms with Crippen LogP contribution in [-0.2, 0) is 4.74 Å². The van der Waals surface area contributed by atoms with Gasteiger partial charge >= 0.3 is 6.09 Å². The molecule has 0 spiro atoms. The molecule has 1 fully saturated rings. The van der Waals surface area contributed by atoms with Crippen molar-refractivity contribution in [3.8, 4) is 0 Å². The second-order valence-electron chi connectivity index (χ2n) is 6.61. The quantitative estimate of drug-likeness (QED) is 0.676. The molecule has 1 aliphatic heterocycles. The summed E-state index contributed by atoms with van der Waals surface area (Å²) in [5.41, 5.74) is 2.42. The van der Waals surface area contributed by atoms with E-state index >= 15 is 0 Å². The second kappa shape index (κ2) is 12.5. The van der Waals surface area contributed by atoms with Crippen LogP contribution in [0.25, 0.3) is 0 Å². The van der Waals surface area contributed by atoms with Crippen LogP contribution in [0.15, 0.2) is 24.3 Å². The van der Waals surface area contributed by atoms with Crippen molar-refractivity contribution in [2.45, 2.75) is 52.2 Å². The number of alkyl carbamates (subject to hydrolysis) is 1. The van der Waals surface area contributed by atoms with E-state index in [4.69, 9.17) is 0 Å². The normalized spacial score (nSPS) is 15.7. The van der Waals surface area contributed by atoms with Crippen molar-refractivity contribution < 1.29 is 14.6 Å². The third kappa shape index (κ3) is 8.06. The van der Waals surface area contributed by atoms with Crippen LogP contribution in [0, 0.1) is 0 Å². The van der Waals surface area contributed by atoms with Gasteiger partial charge in [-0.3, -0.25) is 0 Å². The lowest BCUT2D eigenvalue weighted by atomic mass is 10.0. The third-order valence-electron chi connectivity index (χ3n) is 4.25. The summed E-state index contributed by atoms with van der Waals surface area (Å²) >= 11 is 0. The van der Waals surface area contributed by atoms with Gasteiger partial charge < -0.3 is 25.4 Å². The molecule has 148 valence electrons. The van der Waals surface area contributed by atoms with E-state index in [1.165, 1.54) is 24.8 Å². The fourth-order valence-corrected chi connectivity index (χ4v) is 2.74. The second-order valence-corrected chi connectivity index (χ2v) is 6.61. The summed E-state index contributed by atoms with van der Waals surface area (Å²) in [6.07, 6.45) is 2.38. The molecule has 1 aromatic rings. The number of rotatable bonds is 6. The summed E-state index contributed by atoms with van der Waals surface area (Å²) in [5, 5.41) is 15.6. The lowest BCUT2D eigenvalue weighted by Gasteiger charge is -2.31. The molecule has 0 aromatic heterocycles. The van der Waals surface area contributed by atoms with Gasteiger partial charge in [-0.2, -0.15) is 0 Å². The van der Waals surface area contributed by atoms with E-state index in [9.17, 15) is 9.90 Å². The van der Waals surface area contributed by atoms with Crippen molar-refractivity contribution in [1.29, 1.82) is 0 Å². The van der Waals surface area contributed by atoms with Gasteiger partial charge in [0.15, 0.2) is 0 Å². The third-order valence-corrected chi connectivity index (χ3v) is 4.25. The number of aliphatic hydroxyl groups excluding tert-OH is 1. The van der Waals surface area contributed by atoms with Crippen LogP contribution in [0.4, 0.5) is 10.5 Å². The van der Waals surface area contributed by atoms with E-state index < -0.39 is 6.09 Å². The number of hydrogen-bond acceptors (Lipinski definition) is 5. The zero-order valence-electron chi connectivity index (χ0n) is 16.6. The van der Waals surface area contributed by atoms with Gasteiger partial charge in [0.05, 0.1) is 13.2 Å². The minimum atomic E-state index is -0.407. The number of hydrogen-bond donors (Lipinski definition) is 3. The topological polar surface area (TPSA) is 73.8 Å². The Morgan fingerprint density at radius 2 is 1.81 bits per heavy atom. The number of piperidine rings is 1. The van der Waals surface area contributed by atoms with Crippen LogP contribution in [0.5, 0.6) is 0 Å². The first-order valence-electron chi connectivity index (χ1n) is 9.59. The Bertz CT molecular complexity index is 500. The smallest absolute Gasteiger partial charge is 0.406 e. The Morgan fingerprint density at radius 1 is 1.23 bits per heavy atom. The minimum absolute atomic E-state index is 0.145. The lowest BCUT2D eigenvalue weighted by molar-refractivity contribution is 0.145. The molecule has 1 unspecified atom stereocenters. The molecule has 26 heavy (non-hydrogen) atoms. The van der Waals surface area contributed by atoms with Crippen LogP contribution in [0.3, 0.4) is 0 Å². The fraction of sp³-hybridized carbons (Fsp3) is 0.650. The van der Waals surface area contributed by atoms with Crippen molar-refractivity contribution in [3.63, 3.8) is 0 Å². The summed E-state index contributed by atoms with van der Waals surface area (Å²) < 4.78 is 4.52. The molecule has 1 heterocycles. The maximum absolute atomic E-state index is 11.0. The van der Waals surface area contributed by atoms with E-state index in [-0.39, 0.29) is 12.1 Å². The van der Waals surface area contributed by atoms with Crippen LogP contribution >= 0.6 is 0 Å². The monoisotopic (exact) mass is 365 g/mol. The average Bonchev–Trinajstić information content (AvgIpc) is 2.66. The number of carbonyl (C=O) groups excluding carboxylic acids is 1. The van der Waals surface area contributed by atoms with E-state index in [1.807, 2.05) is 0 Å². The van der Waals surface area contributed by atoms with Crippen LogP contribution < -0.4 is 15.5 Å². The summed E-state index contributed by atoms with van der Waals surface area (Å²) in [7, 11) is 1.36. The molecule has 0 aliphatic carbocycles. The number of nitrogens with zero attached hydrogens (tertiary/aromatic N) is 1. The molecule has 1 aliphatic rings. The van der Waals surface area contributed by atoms with E-state index in [0.29, 0.717) is 13.1 Å². The lowest BCUT2D eigenvalue weighted by Crippen LogP contribution is -2.35. The van der Waals surface area contributed by atoms with Crippen molar-refractivity contribution in [2.75, 3.05) is 38.2 Å². The van der Waals surface area contributed by atoms with Gasteiger partial charge in [-0.1, -0.05) is 32.4 Å². The molecule has 1 atom stereocenters. The first-order valence-corrected chi connectivity index (χ1v) is 9.59. The number of methoxy groups -OCH3 is 1. The van der Waals surface area contributed by atoms with Crippen molar-refractivity contribution in [2.24, 2.45) is 0 Å². The first-order chi connectivity index (χ1) is 12.5. The van der Waals surface area contributed by atoms with Gasteiger partial charge in [-0.15, -0.1) is 0 Å². The van der Waals surface area contributed by atoms with Gasteiger partial charge in [-0.05, 0) is 37.5 Å². The zero-order chi connectivity index (χ0) is 19.4. The highest BCUT2D eigenvalue weighted by Gasteiger charge is 2.17. The number of anilines is 1. The highest BCUT2D eigenvalue weighted by molar-refractivity contribution is 5.66. The Labute approximate surface area is 157 Å². The van der Waals surface area contributed by atoms with Gasteiger partial charge in [0.1, 0.15) is 0 Å².